The number of methoxy groups -OCH3 is 2. The fourth-order valence-corrected chi connectivity index (χ4v) is 7.35. The first kappa shape index (κ1) is 35.0. The summed E-state index contributed by atoms with van der Waals surface area (Å²) in [5.74, 6) is -1.34. The Morgan fingerprint density at radius 2 is 1.92 bits per heavy atom. The zero-order valence-electron chi connectivity index (χ0n) is 28.6. The van der Waals surface area contributed by atoms with E-state index in [2.05, 4.69) is 21.3 Å². The van der Waals surface area contributed by atoms with Crippen LogP contribution in [0.1, 0.15) is 75.6 Å². The van der Waals surface area contributed by atoms with Gasteiger partial charge in [-0.1, -0.05) is 18.2 Å². The van der Waals surface area contributed by atoms with E-state index in [-0.39, 0.29) is 17.9 Å². The molecule has 12 heteroatoms. The van der Waals surface area contributed by atoms with E-state index >= 15 is 0 Å². The van der Waals surface area contributed by atoms with Crippen molar-refractivity contribution in [3.8, 4) is 11.5 Å². The molecule has 48 heavy (non-hydrogen) atoms. The molecule has 2 aromatic rings. The van der Waals surface area contributed by atoms with E-state index in [9.17, 15) is 19.7 Å². The minimum atomic E-state index is -0.931. The Kier molecular flexibility index (Phi) is 11.2. The SMILES string of the molecule is COc1ccc2c(c1OC)CCN1CCC(NCCCOC(=O)C3=C(C)N=C(C)C(C(=O)OC(C)C)C3c3cccc([N+](=O)[O-])c3)CC21. The molecule has 0 spiro atoms. The van der Waals surface area contributed by atoms with Gasteiger partial charge in [0.2, 0.25) is 0 Å². The zero-order valence-corrected chi connectivity index (χ0v) is 28.6. The number of aliphatic imine (C=N–C) groups is 1. The van der Waals surface area contributed by atoms with Crippen LogP contribution in [0.4, 0.5) is 5.69 Å². The largest absolute Gasteiger partial charge is 0.493 e. The number of rotatable bonds is 12. The number of allylic oxidation sites excluding steroid dienone is 1. The maximum atomic E-state index is 13.7. The van der Waals surface area contributed by atoms with Crippen molar-refractivity contribution in [3.63, 3.8) is 0 Å². The molecule has 5 rings (SSSR count). The molecule has 0 aliphatic carbocycles. The van der Waals surface area contributed by atoms with E-state index in [4.69, 9.17) is 18.9 Å². The van der Waals surface area contributed by atoms with Crippen molar-refractivity contribution in [2.24, 2.45) is 10.9 Å². The van der Waals surface area contributed by atoms with Gasteiger partial charge in [-0.3, -0.25) is 24.8 Å². The second-order valence-corrected chi connectivity index (χ2v) is 12.9. The average Bonchev–Trinajstić information content (AvgIpc) is 3.06. The van der Waals surface area contributed by atoms with Crippen molar-refractivity contribution in [2.75, 3.05) is 40.5 Å². The smallest absolute Gasteiger partial charge is 0.336 e. The highest BCUT2D eigenvalue weighted by Crippen LogP contribution is 2.44. The van der Waals surface area contributed by atoms with Crippen LogP contribution in [0, 0.1) is 16.0 Å². The summed E-state index contributed by atoms with van der Waals surface area (Å²) in [5, 5.41) is 15.3. The highest BCUT2D eigenvalue weighted by molar-refractivity contribution is 6.07. The number of fused-ring (bicyclic) bond motifs is 3. The Balaban J connectivity index is 1.23. The van der Waals surface area contributed by atoms with Gasteiger partial charge in [-0.05, 0) is 77.1 Å². The van der Waals surface area contributed by atoms with Crippen LogP contribution in [-0.4, -0.2) is 80.1 Å². The van der Waals surface area contributed by atoms with Gasteiger partial charge in [0.15, 0.2) is 11.5 Å². The number of non-ortho nitro benzene ring substituents is 1. The summed E-state index contributed by atoms with van der Waals surface area (Å²) < 4.78 is 22.6. The number of ether oxygens (including phenoxy) is 4. The van der Waals surface area contributed by atoms with Gasteiger partial charge in [-0.2, -0.15) is 0 Å². The fourth-order valence-electron chi connectivity index (χ4n) is 7.35. The summed E-state index contributed by atoms with van der Waals surface area (Å²) in [7, 11) is 3.35. The summed E-state index contributed by atoms with van der Waals surface area (Å²) in [6.45, 7) is 9.69. The second-order valence-electron chi connectivity index (χ2n) is 12.9. The number of carbonyl (C=O) groups excluding carboxylic acids is 2. The molecule has 4 unspecified atom stereocenters. The maximum Gasteiger partial charge on any atom is 0.336 e. The summed E-state index contributed by atoms with van der Waals surface area (Å²) in [5.41, 5.74) is 3.91. The van der Waals surface area contributed by atoms with Crippen LogP contribution in [-0.2, 0) is 25.5 Å². The van der Waals surface area contributed by atoms with E-state index in [1.165, 1.54) is 23.3 Å². The van der Waals surface area contributed by atoms with E-state index < -0.39 is 34.8 Å². The Hall–Kier alpha value is -4.29. The minimum absolute atomic E-state index is 0.138. The quantitative estimate of drug-likeness (QED) is 0.138. The number of esters is 2. The first-order valence-corrected chi connectivity index (χ1v) is 16.6. The molecule has 3 aliphatic rings. The third-order valence-electron chi connectivity index (χ3n) is 9.49. The molecule has 3 aliphatic heterocycles. The molecule has 3 heterocycles. The molecule has 1 N–H and O–H groups in total. The van der Waals surface area contributed by atoms with E-state index in [1.54, 1.807) is 54.0 Å². The van der Waals surface area contributed by atoms with Crippen molar-refractivity contribution < 1.29 is 33.5 Å². The highest BCUT2D eigenvalue weighted by Gasteiger charge is 2.43. The molecule has 0 radical (unpaired) electrons. The Morgan fingerprint density at radius 1 is 1.12 bits per heavy atom. The normalized spacial score (nSPS) is 22.4. The van der Waals surface area contributed by atoms with E-state index in [0.29, 0.717) is 42.0 Å². The van der Waals surface area contributed by atoms with Crippen molar-refractivity contribution in [1.82, 2.24) is 10.2 Å². The predicted octanol–water partition coefficient (Wildman–Crippen LogP) is 5.30. The Bertz CT molecular complexity index is 1600. The number of carbonyl (C=O) groups is 2. The Morgan fingerprint density at radius 3 is 2.62 bits per heavy atom. The van der Waals surface area contributed by atoms with Crippen LogP contribution in [0.2, 0.25) is 0 Å². The second kappa shape index (κ2) is 15.3. The molecule has 0 amide bonds. The van der Waals surface area contributed by atoms with E-state index in [1.807, 2.05) is 6.07 Å². The van der Waals surface area contributed by atoms with Gasteiger partial charge in [-0.25, -0.2) is 4.79 Å². The fraction of sp³-hybridized carbons (Fsp3) is 0.528. The predicted molar refractivity (Wildman–Crippen MR) is 181 cm³/mol. The zero-order chi connectivity index (χ0) is 34.5. The molecule has 258 valence electrons. The third-order valence-corrected chi connectivity index (χ3v) is 9.49. The number of nitrogens with zero attached hydrogens (tertiary/aromatic N) is 3. The highest BCUT2D eigenvalue weighted by atomic mass is 16.6. The molecule has 1 saturated heterocycles. The summed E-state index contributed by atoms with van der Waals surface area (Å²) in [6.07, 6.45) is 3.12. The van der Waals surface area contributed by atoms with Crippen LogP contribution < -0.4 is 14.8 Å². The van der Waals surface area contributed by atoms with Crippen LogP contribution in [0.3, 0.4) is 0 Å². The minimum Gasteiger partial charge on any atom is -0.493 e. The van der Waals surface area contributed by atoms with Crippen molar-refractivity contribution in [3.05, 3.63) is 74.5 Å². The van der Waals surface area contributed by atoms with Crippen LogP contribution in [0.5, 0.6) is 11.5 Å². The van der Waals surface area contributed by atoms with Gasteiger partial charge < -0.3 is 24.3 Å². The number of piperidine rings is 1. The van der Waals surface area contributed by atoms with Crippen LogP contribution in [0.25, 0.3) is 0 Å². The maximum absolute atomic E-state index is 13.7. The molecular weight excluding hydrogens is 616 g/mol. The molecule has 1 fully saturated rings. The number of nitrogens with one attached hydrogen (secondary N) is 1. The molecular formula is C36H46N4O8. The van der Waals surface area contributed by atoms with Gasteiger partial charge >= 0.3 is 11.9 Å². The molecule has 0 aromatic heterocycles. The van der Waals surface area contributed by atoms with Gasteiger partial charge in [0.25, 0.3) is 5.69 Å². The van der Waals surface area contributed by atoms with Crippen LogP contribution >= 0.6 is 0 Å². The Labute approximate surface area is 281 Å². The lowest BCUT2D eigenvalue weighted by atomic mass is 9.75. The number of benzene rings is 2. The van der Waals surface area contributed by atoms with Crippen molar-refractivity contribution >= 4 is 23.3 Å². The lowest BCUT2D eigenvalue weighted by Crippen LogP contribution is -2.47. The van der Waals surface area contributed by atoms with E-state index in [0.717, 1.165) is 43.9 Å². The number of nitro groups is 1. The molecule has 0 bridgehead atoms. The topological polar surface area (TPSA) is 142 Å². The van der Waals surface area contributed by atoms with Crippen molar-refractivity contribution in [1.29, 1.82) is 0 Å². The van der Waals surface area contributed by atoms with Gasteiger partial charge in [0.1, 0.15) is 5.92 Å². The van der Waals surface area contributed by atoms with Gasteiger partial charge in [0, 0.05) is 60.2 Å². The first-order valence-electron chi connectivity index (χ1n) is 16.6. The van der Waals surface area contributed by atoms with Crippen molar-refractivity contribution in [2.45, 2.75) is 77.5 Å². The number of hydrogen-bond acceptors (Lipinski definition) is 11. The van der Waals surface area contributed by atoms with Crippen LogP contribution in [0.15, 0.2) is 52.7 Å². The molecule has 0 saturated carbocycles. The standard InChI is InChI=1S/C36H46N4O8/c1-21(2)48-36(42)32-23(4)38-22(3)31(33(32)24-9-7-10-26(19-24)40(43)44)35(41)47-18-8-15-37-25-13-16-39-17-14-28-27(29(39)20-25)11-12-30(45-5)34(28)46-6/h7,9-12,19,21,25,29,32-33,37H,8,13-18,20H2,1-6H3. The first-order chi connectivity index (χ1) is 23.0. The molecule has 2 aromatic carbocycles. The number of hydrogen-bond donors (Lipinski definition) is 1. The summed E-state index contributed by atoms with van der Waals surface area (Å²) in [6, 6.07) is 10.8. The third kappa shape index (κ3) is 7.39. The summed E-state index contributed by atoms with van der Waals surface area (Å²) >= 11 is 0. The number of nitro benzene ring substituents is 1. The lowest BCUT2D eigenvalue weighted by Gasteiger charge is -2.44. The molecule has 12 nitrogen and oxygen atoms in total. The monoisotopic (exact) mass is 662 g/mol. The van der Waals surface area contributed by atoms with Gasteiger partial charge in [-0.15, -0.1) is 0 Å². The molecule has 4 atom stereocenters. The van der Waals surface area contributed by atoms with Gasteiger partial charge in [0.05, 0.1) is 37.4 Å². The average molecular weight is 663 g/mol. The summed E-state index contributed by atoms with van der Waals surface area (Å²) in [4.78, 5) is 45.2. The lowest BCUT2D eigenvalue weighted by molar-refractivity contribution is -0.384.